The first-order valence-corrected chi connectivity index (χ1v) is 9.04. The zero-order chi connectivity index (χ0) is 17.2. The maximum Gasteiger partial charge on any atom is 0.272 e. The van der Waals surface area contributed by atoms with Crippen LogP contribution in [-0.2, 0) is 17.0 Å². The monoisotopic (exact) mass is 355 g/mol. The number of rotatable bonds is 2. The van der Waals surface area contributed by atoms with Gasteiger partial charge in [0, 0.05) is 35.8 Å². The Labute approximate surface area is 150 Å². The third-order valence-corrected chi connectivity index (χ3v) is 5.88. The van der Waals surface area contributed by atoms with Crippen molar-refractivity contribution in [3.63, 3.8) is 0 Å². The van der Waals surface area contributed by atoms with E-state index < -0.39 is 5.66 Å². The first kappa shape index (κ1) is 15.0. The van der Waals surface area contributed by atoms with Crippen LogP contribution in [0.5, 0.6) is 0 Å². The molecule has 1 saturated carbocycles. The molecule has 1 atom stereocenters. The molecular formula is C19H18ClN3O2. The van der Waals surface area contributed by atoms with Gasteiger partial charge in [-0.15, -0.1) is 0 Å². The quantitative estimate of drug-likeness (QED) is 0.831. The predicted octanol–water partition coefficient (Wildman–Crippen LogP) is 2.70. The Balaban J connectivity index is 1.70. The summed E-state index contributed by atoms with van der Waals surface area (Å²) in [6, 6.07) is 11.3. The molecule has 6 heteroatoms. The Hall–Kier alpha value is -2.27. The second kappa shape index (κ2) is 5.11. The van der Waals surface area contributed by atoms with E-state index in [0.29, 0.717) is 30.4 Å². The van der Waals surface area contributed by atoms with Gasteiger partial charge >= 0.3 is 0 Å². The number of hydrogen-bond acceptors (Lipinski definition) is 2. The lowest BCUT2D eigenvalue weighted by molar-refractivity contribution is -0.142. The molecule has 0 N–H and O–H groups in total. The van der Waals surface area contributed by atoms with Gasteiger partial charge in [0.25, 0.3) is 5.91 Å². The molecule has 1 unspecified atom stereocenters. The Morgan fingerprint density at radius 1 is 1.12 bits per heavy atom. The maximum atomic E-state index is 13.1. The van der Waals surface area contributed by atoms with Crippen LogP contribution in [0.4, 0.5) is 0 Å². The normalized spacial score (nSPS) is 25.1. The average Bonchev–Trinajstić information content (AvgIpc) is 3.23. The Kier molecular flexibility index (Phi) is 3.07. The number of halogens is 1. The number of carbonyl (C=O) groups excluding carboxylic acids is 2. The zero-order valence-corrected chi connectivity index (χ0v) is 14.4. The molecule has 2 aliphatic heterocycles. The van der Waals surface area contributed by atoms with Crippen LogP contribution in [0.25, 0.3) is 0 Å². The molecule has 5 rings (SSSR count). The molecule has 1 saturated heterocycles. The Morgan fingerprint density at radius 2 is 1.88 bits per heavy atom. The molecule has 25 heavy (non-hydrogen) atoms. The third kappa shape index (κ3) is 2.02. The van der Waals surface area contributed by atoms with Crippen molar-refractivity contribution in [3.8, 4) is 0 Å². The number of benzene rings is 1. The molecule has 128 valence electrons. The van der Waals surface area contributed by atoms with Crippen LogP contribution in [-0.4, -0.2) is 39.3 Å². The lowest BCUT2D eigenvalue weighted by Crippen LogP contribution is -2.60. The second-order valence-corrected chi connectivity index (χ2v) is 7.50. The van der Waals surface area contributed by atoms with Gasteiger partial charge in [-0.2, -0.15) is 0 Å². The molecule has 1 aromatic carbocycles. The smallest absolute Gasteiger partial charge is 0.272 e. The largest absolute Gasteiger partial charge is 0.339 e. The first-order valence-electron chi connectivity index (χ1n) is 8.66. The molecule has 0 bridgehead atoms. The highest BCUT2D eigenvalue weighted by Gasteiger charge is 2.57. The first-order chi connectivity index (χ1) is 12.1. The van der Waals surface area contributed by atoms with E-state index in [0.717, 1.165) is 18.4 Å². The van der Waals surface area contributed by atoms with E-state index in [2.05, 4.69) is 0 Å². The molecule has 3 aliphatic rings. The molecule has 2 fully saturated rings. The molecule has 1 aromatic heterocycles. The SMILES string of the molecule is O=C1c2cccn2CC2(c3ccc(Cl)cc3)N1CCN2C(=O)C1CC1. The van der Waals surface area contributed by atoms with Crippen LogP contribution < -0.4 is 0 Å². The third-order valence-electron chi connectivity index (χ3n) is 5.62. The Morgan fingerprint density at radius 3 is 2.60 bits per heavy atom. The number of fused-ring (bicyclic) bond motifs is 2. The number of amides is 2. The summed E-state index contributed by atoms with van der Waals surface area (Å²) >= 11 is 6.08. The number of nitrogens with zero attached hydrogens (tertiary/aromatic N) is 3. The van der Waals surface area contributed by atoms with Crippen LogP contribution in [0.15, 0.2) is 42.6 Å². The van der Waals surface area contributed by atoms with Crippen LogP contribution >= 0.6 is 11.6 Å². The summed E-state index contributed by atoms with van der Waals surface area (Å²) in [5.41, 5.74) is 0.870. The van der Waals surface area contributed by atoms with Gasteiger partial charge in [0.2, 0.25) is 5.91 Å². The minimum absolute atomic E-state index is 0.0164. The zero-order valence-electron chi connectivity index (χ0n) is 13.7. The van der Waals surface area contributed by atoms with E-state index in [1.807, 2.05) is 57.0 Å². The summed E-state index contributed by atoms with van der Waals surface area (Å²) in [6.45, 7) is 1.70. The van der Waals surface area contributed by atoms with Gasteiger partial charge in [0.1, 0.15) is 5.69 Å². The van der Waals surface area contributed by atoms with Crippen molar-refractivity contribution in [1.29, 1.82) is 0 Å². The summed E-state index contributed by atoms with van der Waals surface area (Å²) in [5.74, 6) is 0.267. The van der Waals surface area contributed by atoms with Gasteiger partial charge < -0.3 is 14.4 Å². The van der Waals surface area contributed by atoms with Gasteiger partial charge in [-0.1, -0.05) is 23.7 Å². The van der Waals surface area contributed by atoms with Crippen molar-refractivity contribution < 1.29 is 9.59 Å². The summed E-state index contributed by atoms with van der Waals surface area (Å²) < 4.78 is 1.96. The van der Waals surface area contributed by atoms with Crippen LogP contribution in [0.1, 0.15) is 28.9 Å². The molecule has 0 spiro atoms. The van der Waals surface area contributed by atoms with Gasteiger partial charge in [0.05, 0.1) is 6.54 Å². The minimum Gasteiger partial charge on any atom is -0.339 e. The van der Waals surface area contributed by atoms with Crippen molar-refractivity contribution in [3.05, 3.63) is 58.9 Å². The molecule has 5 nitrogen and oxygen atoms in total. The van der Waals surface area contributed by atoms with E-state index >= 15 is 0 Å². The maximum absolute atomic E-state index is 13.1. The van der Waals surface area contributed by atoms with Crippen molar-refractivity contribution in [2.45, 2.75) is 25.0 Å². The number of carbonyl (C=O) groups is 2. The van der Waals surface area contributed by atoms with E-state index in [-0.39, 0.29) is 17.7 Å². The molecule has 2 aromatic rings. The van der Waals surface area contributed by atoms with Crippen molar-refractivity contribution in [1.82, 2.24) is 14.4 Å². The molecule has 3 heterocycles. The summed E-state index contributed by atoms with van der Waals surface area (Å²) in [4.78, 5) is 29.9. The standard InChI is InChI=1S/C19H18ClN3O2/c20-15-7-5-14(6-8-15)19-12-21-9-1-2-16(21)18(25)23(19)11-10-22(19)17(24)13-3-4-13/h1-2,5-9,13H,3-4,10-12H2. The van der Waals surface area contributed by atoms with E-state index in [4.69, 9.17) is 11.6 Å². The van der Waals surface area contributed by atoms with Gasteiger partial charge in [-0.3, -0.25) is 9.59 Å². The van der Waals surface area contributed by atoms with E-state index in [9.17, 15) is 9.59 Å². The highest BCUT2D eigenvalue weighted by Crippen LogP contribution is 2.45. The lowest BCUT2D eigenvalue weighted by atomic mass is 9.94. The fourth-order valence-corrected chi connectivity index (χ4v) is 4.37. The average molecular weight is 356 g/mol. The fourth-order valence-electron chi connectivity index (χ4n) is 4.24. The summed E-state index contributed by atoms with van der Waals surface area (Å²) in [7, 11) is 0. The lowest BCUT2D eigenvalue weighted by Gasteiger charge is -2.47. The van der Waals surface area contributed by atoms with E-state index in [1.165, 1.54) is 0 Å². The fraction of sp³-hybridized carbons (Fsp3) is 0.368. The topological polar surface area (TPSA) is 45.6 Å². The van der Waals surface area contributed by atoms with Gasteiger partial charge in [-0.25, -0.2) is 0 Å². The van der Waals surface area contributed by atoms with Crippen molar-refractivity contribution >= 4 is 23.4 Å². The highest BCUT2D eigenvalue weighted by molar-refractivity contribution is 6.30. The summed E-state index contributed by atoms with van der Waals surface area (Å²) in [5, 5.41) is 0.647. The highest BCUT2D eigenvalue weighted by atomic mass is 35.5. The predicted molar refractivity (Wildman–Crippen MR) is 93.0 cm³/mol. The summed E-state index contributed by atoms with van der Waals surface area (Å²) in [6.07, 6.45) is 3.82. The molecule has 0 radical (unpaired) electrons. The van der Waals surface area contributed by atoms with Crippen LogP contribution in [0.3, 0.4) is 0 Å². The molecule has 1 aliphatic carbocycles. The van der Waals surface area contributed by atoms with Crippen molar-refractivity contribution in [2.75, 3.05) is 13.1 Å². The van der Waals surface area contributed by atoms with Crippen molar-refractivity contribution in [2.24, 2.45) is 5.92 Å². The second-order valence-electron chi connectivity index (χ2n) is 7.07. The minimum atomic E-state index is -0.757. The van der Waals surface area contributed by atoms with Crippen LogP contribution in [0, 0.1) is 5.92 Å². The molecule has 2 amide bonds. The van der Waals surface area contributed by atoms with Gasteiger partial charge in [-0.05, 0) is 37.1 Å². The van der Waals surface area contributed by atoms with Crippen LogP contribution in [0.2, 0.25) is 5.02 Å². The number of hydrogen-bond donors (Lipinski definition) is 0. The molecular weight excluding hydrogens is 338 g/mol. The Bertz CT molecular complexity index is 871. The van der Waals surface area contributed by atoms with Gasteiger partial charge in [0.15, 0.2) is 5.66 Å². The van der Waals surface area contributed by atoms with E-state index in [1.54, 1.807) is 0 Å². The number of aromatic nitrogens is 1.